The van der Waals surface area contributed by atoms with Crippen molar-refractivity contribution in [1.82, 2.24) is 20.1 Å². The molecular weight excluding hydrogens is 329 g/mol. The lowest BCUT2D eigenvalue weighted by atomic mass is 10.2. The second-order valence-corrected chi connectivity index (χ2v) is 4.60. The number of pyridine rings is 1. The summed E-state index contributed by atoms with van der Waals surface area (Å²) in [4.78, 5) is 26.8. The Morgan fingerprint density at radius 2 is 2.04 bits per heavy atom. The molecule has 0 spiro atoms. The van der Waals surface area contributed by atoms with Crippen LogP contribution in [-0.2, 0) is 11.3 Å². The minimum absolute atomic E-state index is 0.261. The van der Waals surface area contributed by atoms with Gasteiger partial charge in [-0.15, -0.1) is 13.2 Å². The number of alkyl halides is 3. The summed E-state index contributed by atoms with van der Waals surface area (Å²) in [5.41, 5.74) is 0.175. The Bertz CT molecular complexity index is 772. The first-order chi connectivity index (χ1) is 11.3. The van der Waals surface area contributed by atoms with Gasteiger partial charge in [-0.05, 0) is 19.1 Å². The first kappa shape index (κ1) is 17.4. The fourth-order valence-electron chi connectivity index (χ4n) is 1.82. The monoisotopic (exact) mass is 342 g/mol. The van der Waals surface area contributed by atoms with E-state index in [0.717, 1.165) is 16.9 Å². The van der Waals surface area contributed by atoms with Crippen molar-refractivity contribution in [3.8, 4) is 17.1 Å². The summed E-state index contributed by atoms with van der Waals surface area (Å²) >= 11 is 0. The summed E-state index contributed by atoms with van der Waals surface area (Å²) in [6, 6.07) is 4.95. The lowest BCUT2D eigenvalue weighted by molar-refractivity contribution is -0.276. The van der Waals surface area contributed by atoms with Crippen molar-refractivity contribution in [3.63, 3.8) is 0 Å². The van der Waals surface area contributed by atoms with Gasteiger partial charge in [0.15, 0.2) is 0 Å². The molecule has 0 bridgehead atoms. The molecule has 0 aliphatic rings. The van der Waals surface area contributed by atoms with Gasteiger partial charge >= 0.3 is 6.36 Å². The minimum Gasteiger partial charge on any atom is -0.388 e. The van der Waals surface area contributed by atoms with Crippen molar-refractivity contribution in [3.05, 3.63) is 40.8 Å². The number of amides is 1. The molecule has 2 aromatic rings. The van der Waals surface area contributed by atoms with Crippen LogP contribution in [0.4, 0.5) is 13.2 Å². The van der Waals surface area contributed by atoms with Gasteiger partial charge in [-0.25, -0.2) is 9.67 Å². The summed E-state index contributed by atoms with van der Waals surface area (Å²) in [5.74, 6) is -0.988. The molecule has 0 fully saturated rings. The van der Waals surface area contributed by atoms with Crippen LogP contribution in [0.5, 0.6) is 5.88 Å². The lowest BCUT2D eigenvalue weighted by Crippen LogP contribution is -2.33. The molecule has 128 valence electrons. The Balaban J connectivity index is 2.23. The molecule has 0 unspecified atom stereocenters. The van der Waals surface area contributed by atoms with Crippen molar-refractivity contribution in [2.24, 2.45) is 0 Å². The molecule has 2 rings (SSSR count). The van der Waals surface area contributed by atoms with Gasteiger partial charge in [0.2, 0.25) is 11.8 Å². The minimum atomic E-state index is -4.83. The average Bonchev–Trinajstić information content (AvgIpc) is 2.49. The fourth-order valence-corrected chi connectivity index (χ4v) is 1.82. The molecule has 0 atom stereocenters. The lowest BCUT2D eigenvalue weighted by Gasteiger charge is -2.09. The van der Waals surface area contributed by atoms with Crippen molar-refractivity contribution in [2.45, 2.75) is 19.8 Å². The van der Waals surface area contributed by atoms with E-state index in [1.54, 1.807) is 6.92 Å². The van der Waals surface area contributed by atoms with E-state index in [0.29, 0.717) is 12.1 Å². The third-order valence-corrected chi connectivity index (χ3v) is 2.79. The van der Waals surface area contributed by atoms with Gasteiger partial charge < -0.3 is 10.1 Å². The SMILES string of the molecule is CCNC(=O)Cn1nc(-c2ccc(OC(F)(F)F)nc2)ccc1=O. The molecule has 0 aliphatic carbocycles. The largest absolute Gasteiger partial charge is 0.574 e. The maximum atomic E-state index is 12.1. The quantitative estimate of drug-likeness (QED) is 0.886. The van der Waals surface area contributed by atoms with Crippen molar-refractivity contribution in [2.75, 3.05) is 6.54 Å². The number of nitrogens with zero attached hydrogens (tertiary/aromatic N) is 3. The Kier molecular flexibility index (Phi) is 5.17. The number of aromatic nitrogens is 3. The van der Waals surface area contributed by atoms with E-state index < -0.39 is 17.8 Å². The highest BCUT2D eigenvalue weighted by atomic mass is 19.4. The molecule has 24 heavy (non-hydrogen) atoms. The highest BCUT2D eigenvalue weighted by Gasteiger charge is 2.31. The predicted octanol–water partition coefficient (Wildman–Crippen LogP) is 1.34. The number of hydrogen-bond donors (Lipinski definition) is 1. The standard InChI is InChI=1S/C14H13F3N4O3/c1-2-18-11(22)8-21-13(23)6-4-10(20-21)9-3-5-12(19-7-9)24-14(15,16)17/h3-7H,2,8H2,1H3,(H,18,22). The zero-order valence-corrected chi connectivity index (χ0v) is 12.5. The van der Waals surface area contributed by atoms with Crippen molar-refractivity contribution < 1.29 is 22.7 Å². The molecule has 0 saturated carbocycles. The third-order valence-electron chi connectivity index (χ3n) is 2.79. The van der Waals surface area contributed by atoms with Gasteiger partial charge in [0.1, 0.15) is 6.54 Å². The molecule has 0 saturated heterocycles. The Hall–Kier alpha value is -2.91. The molecule has 2 aromatic heterocycles. The van der Waals surface area contributed by atoms with Crippen LogP contribution in [0.3, 0.4) is 0 Å². The topological polar surface area (TPSA) is 86.1 Å². The Labute approximate surface area is 134 Å². The van der Waals surface area contributed by atoms with E-state index in [1.165, 1.54) is 18.2 Å². The van der Waals surface area contributed by atoms with Gasteiger partial charge in [-0.1, -0.05) is 0 Å². The highest BCUT2D eigenvalue weighted by molar-refractivity contribution is 5.75. The summed E-state index contributed by atoms with van der Waals surface area (Å²) in [5, 5.41) is 6.54. The highest BCUT2D eigenvalue weighted by Crippen LogP contribution is 2.22. The molecule has 2 heterocycles. The number of carbonyl (C=O) groups excluding carboxylic acids is 1. The van der Waals surface area contributed by atoms with E-state index in [9.17, 15) is 22.8 Å². The van der Waals surface area contributed by atoms with Crippen LogP contribution in [0.2, 0.25) is 0 Å². The van der Waals surface area contributed by atoms with E-state index in [1.807, 2.05) is 0 Å². The summed E-state index contributed by atoms with van der Waals surface area (Å²) in [6.45, 7) is 1.89. The van der Waals surface area contributed by atoms with Crippen LogP contribution in [0.1, 0.15) is 6.92 Å². The first-order valence-electron chi connectivity index (χ1n) is 6.85. The number of ether oxygens (including phenoxy) is 1. The van der Waals surface area contributed by atoms with Crippen molar-refractivity contribution in [1.29, 1.82) is 0 Å². The van der Waals surface area contributed by atoms with E-state index in [2.05, 4.69) is 20.1 Å². The zero-order chi connectivity index (χ0) is 17.7. The smallest absolute Gasteiger partial charge is 0.388 e. The Morgan fingerprint density at radius 3 is 2.62 bits per heavy atom. The second-order valence-electron chi connectivity index (χ2n) is 4.60. The molecular formula is C14H13F3N4O3. The van der Waals surface area contributed by atoms with E-state index >= 15 is 0 Å². The molecule has 1 N–H and O–H groups in total. The molecule has 1 amide bonds. The number of hydrogen-bond acceptors (Lipinski definition) is 5. The predicted molar refractivity (Wildman–Crippen MR) is 77.1 cm³/mol. The number of halogens is 3. The van der Waals surface area contributed by atoms with Crippen molar-refractivity contribution >= 4 is 5.91 Å². The number of carbonyl (C=O) groups is 1. The van der Waals surface area contributed by atoms with Gasteiger partial charge in [-0.3, -0.25) is 9.59 Å². The van der Waals surface area contributed by atoms with Crippen LogP contribution in [0.15, 0.2) is 35.3 Å². The van der Waals surface area contributed by atoms with E-state index in [4.69, 9.17) is 0 Å². The maximum absolute atomic E-state index is 12.1. The fraction of sp³-hybridized carbons (Fsp3) is 0.286. The van der Waals surface area contributed by atoms with Crippen LogP contribution < -0.4 is 15.6 Å². The second kappa shape index (κ2) is 7.11. The molecule has 7 nitrogen and oxygen atoms in total. The maximum Gasteiger partial charge on any atom is 0.574 e. The number of rotatable bonds is 5. The third kappa shape index (κ3) is 4.80. The zero-order valence-electron chi connectivity index (χ0n) is 12.5. The van der Waals surface area contributed by atoms with Gasteiger partial charge in [0.05, 0.1) is 5.69 Å². The van der Waals surface area contributed by atoms with Crippen LogP contribution in [0, 0.1) is 0 Å². The van der Waals surface area contributed by atoms with Crippen LogP contribution >= 0.6 is 0 Å². The molecule has 0 aromatic carbocycles. The normalized spacial score (nSPS) is 11.2. The van der Waals surface area contributed by atoms with E-state index in [-0.39, 0.29) is 18.1 Å². The van der Waals surface area contributed by atoms with Gasteiger partial charge in [-0.2, -0.15) is 5.10 Å². The Morgan fingerprint density at radius 1 is 1.29 bits per heavy atom. The van der Waals surface area contributed by atoms with Crippen LogP contribution in [0.25, 0.3) is 11.3 Å². The molecule has 0 radical (unpaired) electrons. The molecule has 0 aliphatic heterocycles. The van der Waals surface area contributed by atoms with Gasteiger partial charge in [0.25, 0.3) is 5.56 Å². The summed E-state index contributed by atoms with van der Waals surface area (Å²) in [6.07, 6.45) is -3.70. The summed E-state index contributed by atoms with van der Waals surface area (Å²) < 4.78 is 40.9. The number of likely N-dealkylation sites (N-methyl/N-ethyl adjacent to an activating group) is 1. The first-order valence-corrected chi connectivity index (χ1v) is 6.85. The van der Waals surface area contributed by atoms with Gasteiger partial charge in [0, 0.05) is 30.4 Å². The average molecular weight is 342 g/mol. The molecule has 10 heteroatoms. The summed E-state index contributed by atoms with van der Waals surface area (Å²) in [7, 11) is 0. The number of nitrogens with one attached hydrogen (secondary N) is 1. The van der Waals surface area contributed by atoms with Crippen LogP contribution in [-0.4, -0.2) is 33.6 Å².